The van der Waals surface area contributed by atoms with E-state index in [-0.39, 0.29) is 16.5 Å². The van der Waals surface area contributed by atoms with Crippen LogP contribution in [0.1, 0.15) is 24.3 Å². The number of hydrogen-bond acceptors (Lipinski definition) is 9. The van der Waals surface area contributed by atoms with Crippen molar-refractivity contribution in [2.45, 2.75) is 23.7 Å². The first kappa shape index (κ1) is 22.7. The lowest BCUT2D eigenvalue weighted by molar-refractivity contribution is 0.493. The van der Waals surface area contributed by atoms with Gasteiger partial charge in [0.05, 0.1) is 21.3 Å². The van der Waals surface area contributed by atoms with Crippen LogP contribution in [0.4, 0.5) is 21.8 Å². The first-order valence-corrected chi connectivity index (χ1v) is 13.2. The highest BCUT2D eigenvalue weighted by atomic mass is 79.9. The third-order valence-corrected chi connectivity index (χ3v) is 7.35. The number of fused-ring (bicyclic) bond motifs is 1. The van der Waals surface area contributed by atoms with Crippen molar-refractivity contribution in [2.75, 3.05) is 29.6 Å². The smallest absolute Gasteiger partial charge is 0.225 e. The number of halogens is 2. The number of nitrogens with zero attached hydrogens (tertiary/aromatic N) is 5. The molecule has 3 aromatic heterocycles. The molecule has 5 rings (SSSR count). The number of aromatic nitrogens is 4. The minimum atomic E-state index is -3.51. The predicted octanol–water partition coefficient (Wildman–Crippen LogP) is 4.45. The van der Waals surface area contributed by atoms with E-state index in [0.29, 0.717) is 22.9 Å². The summed E-state index contributed by atoms with van der Waals surface area (Å²) in [6.45, 7) is 1.60. The van der Waals surface area contributed by atoms with Gasteiger partial charge in [0, 0.05) is 37.3 Å². The zero-order valence-corrected chi connectivity index (χ0v) is 20.5. The van der Waals surface area contributed by atoms with Crippen LogP contribution in [0.25, 0.3) is 11.1 Å². The van der Waals surface area contributed by atoms with Crippen molar-refractivity contribution in [2.24, 2.45) is 0 Å². The molecule has 1 saturated heterocycles. The van der Waals surface area contributed by atoms with Gasteiger partial charge in [0.25, 0.3) is 0 Å². The standard InChI is InChI=1S/C22H20BrFN6O3S/c1-34(31,32)15-2-3-18(17(24)8-15)29-21-20-19(27-12-28-21)16(11-33-20)13-4-6-30(7-5-13)22-25-9-14(23)10-26-22/h2-3,8-13H,4-7H2,1H3,(H,27,28,29). The lowest BCUT2D eigenvalue weighted by Crippen LogP contribution is -2.34. The Morgan fingerprint density at radius 1 is 1.15 bits per heavy atom. The Kier molecular flexibility index (Phi) is 5.94. The van der Waals surface area contributed by atoms with Crippen LogP contribution in [-0.2, 0) is 9.84 Å². The van der Waals surface area contributed by atoms with Gasteiger partial charge < -0.3 is 14.6 Å². The van der Waals surface area contributed by atoms with E-state index in [1.54, 1.807) is 18.7 Å². The van der Waals surface area contributed by atoms with E-state index in [2.05, 4.69) is 46.1 Å². The van der Waals surface area contributed by atoms with Gasteiger partial charge in [-0.15, -0.1) is 0 Å². The second kappa shape index (κ2) is 8.91. The number of anilines is 3. The van der Waals surface area contributed by atoms with Gasteiger partial charge >= 0.3 is 0 Å². The topological polar surface area (TPSA) is 114 Å². The van der Waals surface area contributed by atoms with Gasteiger partial charge in [-0.3, -0.25) is 0 Å². The average Bonchev–Trinajstić information content (AvgIpc) is 3.25. The monoisotopic (exact) mass is 546 g/mol. The van der Waals surface area contributed by atoms with Gasteiger partial charge in [-0.05, 0) is 52.9 Å². The highest BCUT2D eigenvalue weighted by Gasteiger charge is 2.26. The molecule has 0 atom stereocenters. The minimum absolute atomic E-state index is 0.0909. The summed E-state index contributed by atoms with van der Waals surface area (Å²) in [6.07, 6.45) is 9.35. The summed E-state index contributed by atoms with van der Waals surface area (Å²) in [4.78, 5) is 19.4. The Balaban J connectivity index is 1.36. The maximum Gasteiger partial charge on any atom is 0.225 e. The predicted molar refractivity (Wildman–Crippen MR) is 129 cm³/mol. The molecule has 0 amide bonds. The van der Waals surface area contributed by atoms with E-state index >= 15 is 0 Å². The van der Waals surface area contributed by atoms with E-state index < -0.39 is 15.7 Å². The normalized spacial score (nSPS) is 15.1. The lowest BCUT2D eigenvalue weighted by Gasteiger charge is -2.31. The van der Waals surface area contributed by atoms with Crippen molar-refractivity contribution >= 4 is 54.3 Å². The Bertz CT molecular complexity index is 1450. The number of hydrogen-bond donors (Lipinski definition) is 1. The summed E-state index contributed by atoms with van der Waals surface area (Å²) in [6, 6.07) is 3.69. The van der Waals surface area contributed by atoms with E-state index in [1.165, 1.54) is 18.5 Å². The molecule has 0 saturated carbocycles. The van der Waals surface area contributed by atoms with Gasteiger partial charge in [-0.2, -0.15) is 0 Å². The van der Waals surface area contributed by atoms with Crippen LogP contribution in [0, 0.1) is 5.82 Å². The number of rotatable bonds is 5. The van der Waals surface area contributed by atoms with E-state index in [0.717, 1.165) is 48.3 Å². The summed E-state index contributed by atoms with van der Waals surface area (Å²) < 4.78 is 44.5. The fraction of sp³-hybridized carbons (Fsp3) is 0.273. The zero-order chi connectivity index (χ0) is 23.9. The molecule has 1 aliphatic rings. The molecule has 0 bridgehead atoms. The maximum atomic E-state index is 14.5. The largest absolute Gasteiger partial charge is 0.458 e. The molecule has 0 spiro atoms. The number of sulfone groups is 1. The number of nitrogens with one attached hydrogen (secondary N) is 1. The van der Waals surface area contributed by atoms with E-state index in [1.807, 2.05) is 0 Å². The van der Waals surface area contributed by atoms with E-state index in [4.69, 9.17) is 4.42 Å². The van der Waals surface area contributed by atoms with Gasteiger partial charge in [-0.1, -0.05) is 0 Å². The molecule has 0 radical (unpaired) electrons. The maximum absolute atomic E-state index is 14.5. The molecule has 4 heterocycles. The summed E-state index contributed by atoms with van der Waals surface area (Å²) in [5, 5.41) is 2.90. The van der Waals surface area contributed by atoms with Crippen LogP contribution in [0.15, 0.2) is 57.0 Å². The highest BCUT2D eigenvalue weighted by molar-refractivity contribution is 9.10. The average molecular weight is 547 g/mol. The Hall–Kier alpha value is -3.12. The van der Waals surface area contributed by atoms with Crippen LogP contribution < -0.4 is 10.2 Å². The molecular weight excluding hydrogens is 527 g/mol. The fourth-order valence-corrected chi connectivity index (χ4v) is 4.90. The summed E-state index contributed by atoms with van der Waals surface area (Å²) >= 11 is 3.35. The van der Waals surface area contributed by atoms with Crippen LogP contribution >= 0.6 is 15.9 Å². The molecule has 9 nitrogen and oxygen atoms in total. The molecule has 1 fully saturated rings. The molecule has 0 unspecified atom stereocenters. The van der Waals surface area contributed by atoms with Crippen molar-refractivity contribution in [1.82, 2.24) is 19.9 Å². The van der Waals surface area contributed by atoms with Gasteiger partial charge in [-0.25, -0.2) is 32.7 Å². The Labute approximate surface area is 203 Å². The van der Waals surface area contributed by atoms with Gasteiger partial charge in [0.2, 0.25) is 5.95 Å². The van der Waals surface area contributed by atoms with Crippen LogP contribution in [0.3, 0.4) is 0 Å². The SMILES string of the molecule is CS(=O)(=O)c1ccc(Nc2ncnc3c(C4CCN(c5ncc(Br)cn5)CC4)coc23)c(F)c1. The molecule has 4 aromatic rings. The molecule has 0 aliphatic carbocycles. The summed E-state index contributed by atoms with van der Waals surface area (Å²) in [5.41, 5.74) is 2.16. The molecule has 1 aromatic carbocycles. The number of benzene rings is 1. The summed E-state index contributed by atoms with van der Waals surface area (Å²) in [7, 11) is -3.51. The van der Waals surface area contributed by atoms with Crippen LogP contribution in [0.5, 0.6) is 0 Å². The van der Waals surface area contributed by atoms with Crippen molar-refractivity contribution in [3.05, 3.63) is 59.0 Å². The third-order valence-electron chi connectivity index (χ3n) is 5.83. The lowest BCUT2D eigenvalue weighted by atomic mass is 9.90. The quantitative estimate of drug-likeness (QED) is 0.387. The molecule has 1 aliphatic heterocycles. The molecule has 34 heavy (non-hydrogen) atoms. The van der Waals surface area contributed by atoms with Crippen molar-refractivity contribution < 1.29 is 17.2 Å². The van der Waals surface area contributed by atoms with Gasteiger partial charge in [0.1, 0.15) is 17.7 Å². The van der Waals surface area contributed by atoms with Crippen molar-refractivity contribution in [3.63, 3.8) is 0 Å². The van der Waals surface area contributed by atoms with Crippen molar-refractivity contribution in [3.8, 4) is 0 Å². The Morgan fingerprint density at radius 3 is 2.56 bits per heavy atom. The van der Waals surface area contributed by atoms with Crippen LogP contribution in [-0.4, -0.2) is 47.7 Å². The zero-order valence-electron chi connectivity index (χ0n) is 18.1. The minimum Gasteiger partial charge on any atom is -0.458 e. The first-order chi connectivity index (χ1) is 16.3. The van der Waals surface area contributed by atoms with Crippen LogP contribution in [0.2, 0.25) is 0 Å². The Morgan fingerprint density at radius 2 is 1.88 bits per heavy atom. The molecule has 12 heteroatoms. The number of piperidine rings is 1. The van der Waals surface area contributed by atoms with E-state index in [9.17, 15) is 12.8 Å². The van der Waals surface area contributed by atoms with Gasteiger partial charge in [0.15, 0.2) is 21.2 Å². The molecular formula is C22H20BrFN6O3S. The third kappa shape index (κ3) is 4.47. The second-order valence-corrected chi connectivity index (χ2v) is 11.0. The first-order valence-electron chi connectivity index (χ1n) is 10.5. The second-order valence-electron chi connectivity index (χ2n) is 8.09. The fourth-order valence-electron chi connectivity index (χ4n) is 4.06. The summed E-state index contributed by atoms with van der Waals surface area (Å²) in [5.74, 6) is 0.546. The molecule has 176 valence electrons. The number of furan rings is 1. The molecule has 1 N–H and O–H groups in total. The van der Waals surface area contributed by atoms with Crippen molar-refractivity contribution in [1.29, 1.82) is 0 Å². The highest BCUT2D eigenvalue weighted by Crippen LogP contribution is 2.36.